The van der Waals surface area contributed by atoms with Gasteiger partial charge in [-0.25, -0.2) is 9.59 Å². The molecule has 1 aliphatic carbocycles. The Labute approximate surface area is 124 Å². The van der Waals surface area contributed by atoms with Crippen molar-refractivity contribution in [2.45, 2.75) is 31.4 Å². The van der Waals surface area contributed by atoms with Crippen molar-refractivity contribution in [2.75, 3.05) is 40.5 Å². The van der Waals surface area contributed by atoms with Crippen molar-refractivity contribution in [1.82, 2.24) is 9.80 Å². The second-order valence-corrected chi connectivity index (χ2v) is 5.82. The molecule has 2 atom stereocenters. The van der Waals surface area contributed by atoms with Gasteiger partial charge in [0.05, 0.1) is 12.7 Å². The number of rotatable bonds is 7. The van der Waals surface area contributed by atoms with Crippen molar-refractivity contribution in [1.29, 1.82) is 0 Å². The van der Waals surface area contributed by atoms with Gasteiger partial charge in [-0.15, -0.1) is 0 Å². The van der Waals surface area contributed by atoms with E-state index >= 15 is 0 Å². The number of likely N-dealkylation sites (tertiary alicyclic amines) is 1. The number of likely N-dealkylation sites (N-methyl/N-ethyl adjacent to an activating group) is 1. The summed E-state index contributed by atoms with van der Waals surface area (Å²) in [7, 11) is 3.20. The van der Waals surface area contributed by atoms with E-state index in [2.05, 4.69) is 0 Å². The average Bonchev–Trinajstić information content (AvgIpc) is 3.18. The molecule has 1 aliphatic heterocycles. The first-order valence-electron chi connectivity index (χ1n) is 7.38. The van der Waals surface area contributed by atoms with E-state index in [1.165, 1.54) is 29.8 Å². The zero-order valence-corrected chi connectivity index (χ0v) is 12.7. The summed E-state index contributed by atoms with van der Waals surface area (Å²) in [6.07, 6.45) is 2.60. The molecule has 2 rings (SSSR count). The van der Waals surface area contributed by atoms with Gasteiger partial charge < -0.3 is 24.4 Å². The molecule has 120 valence electrons. The Hall–Kier alpha value is -1.34. The van der Waals surface area contributed by atoms with Gasteiger partial charge in [-0.2, -0.15) is 0 Å². The molecule has 2 fully saturated rings. The number of carboxylic acids is 1. The van der Waals surface area contributed by atoms with Crippen LogP contribution in [0.3, 0.4) is 0 Å². The Morgan fingerprint density at radius 1 is 1.38 bits per heavy atom. The fourth-order valence-corrected chi connectivity index (χ4v) is 2.46. The number of hydrogen-bond donors (Lipinski definition) is 1. The molecule has 2 aliphatic rings. The average molecular weight is 300 g/mol. The third-order valence-electron chi connectivity index (χ3n) is 4.07. The van der Waals surface area contributed by atoms with Crippen LogP contribution in [0.1, 0.15) is 19.3 Å². The molecule has 0 aromatic heterocycles. The minimum atomic E-state index is -0.985. The Morgan fingerprint density at radius 3 is 2.67 bits per heavy atom. The van der Waals surface area contributed by atoms with Gasteiger partial charge in [0.15, 0.2) is 0 Å². The van der Waals surface area contributed by atoms with Crippen molar-refractivity contribution in [3.05, 3.63) is 0 Å². The SMILES string of the molecule is COC1CC(C(=O)O)N(C(=O)N(C)CCOCC2CC2)C1. The summed E-state index contributed by atoms with van der Waals surface area (Å²) >= 11 is 0. The molecule has 2 unspecified atom stereocenters. The number of aliphatic carboxylic acids is 1. The summed E-state index contributed by atoms with van der Waals surface area (Å²) in [6, 6.07) is -1.09. The van der Waals surface area contributed by atoms with E-state index in [4.69, 9.17) is 9.47 Å². The molecular formula is C14H24N2O5. The third kappa shape index (κ3) is 4.31. The summed E-state index contributed by atoms with van der Waals surface area (Å²) < 4.78 is 10.7. The van der Waals surface area contributed by atoms with Crippen LogP contribution in [-0.4, -0.2) is 79.5 Å². The number of carbonyl (C=O) groups is 2. The zero-order chi connectivity index (χ0) is 15.4. The van der Waals surface area contributed by atoms with Crippen molar-refractivity contribution in [3.63, 3.8) is 0 Å². The van der Waals surface area contributed by atoms with Gasteiger partial charge >= 0.3 is 12.0 Å². The smallest absolute Gasteiger partial charge is 0.326 e. The Bertz CT molecular complexity index is 386. The lowest BCUT2D eigenvalue weighted by Crippen LogP contribution is -2.47. The Morgan fingerprint density at radius 2 is 2.10 bits per heavy atom. The highest BCUT2D eigenvalue weighted by atomic mass is 16.5. The highest BCUT2D eigenvalue weighted by Gasteiger charge is 2.40. The molecule has 1 N–H and O–H groups in total. The minimum Gasteiger partial charge on any atom is -0.480 e. The molecule has 1 saturated carbocycles. The predicted molar refractivity (Wildman–Crippen MR) is 75.1 cm³/mol. The topological polar surface area (TPSA) is 79.3 Å². The van der Waals surface area contributed by atoms with Crippen molar-refractivity contribution in [2.24, 2.45) is 5.92 Å². The minimum absolute atomic E-state index is 0.213. The molecule has 7 nitrogen and oxygen atoms in total. The third-order valence-corrected chi connectivity index (χ3v) is 4.07. The maximum Gasteiger partial charge on any atom is 0.326 e. The number of nitrogens with zero attached hydrogens (tertiary/aromatic N) is 2. The number of carboxylic acid groups (broad SMARTS) is 1. The number of ether oxygens (including phenoxy) is 2. The molecule has 1 heterocycles. The maximum atomic E-state index is 12.3. The summed E-state index contributed by atoms with van der Waals surface area (Å²) in [5.74, 6) is -0.287. The summed E-state index contributed by atoms with van der Waals surface area (Å²) in [6.45, 7) is 2.03. The molecule has 2 amide bonds. The fourth-order valence-electron chi connectivity index (χ4n) is 2.46. The summed E-state index contributed by atoms with van der Waals surface area (Å²) in [4.78, 5) is 26.5. The highest BCUT2D eigenvalue weighted by Crippen LogP contribution is 2.28. The lowest BCUT2D eigenvalue weighted by atomic mass is 10.2. The van der Waals surface area contributed by atoms with Crippen LogP contribution in [-0.2, 0) is 14.3 Å². The van der Waals surface area contributed by atoms with E-state index in [1.807, 2.05) is 0 Å². The molecule has 0 aromatic rings. The van der Waals surface area contributed by atoms with Crippen LogP contribution in [0.5, 0.6) is 0 Å². The van der Waals surface area contributed by atoms with E-state index in [0.717, 1.165) is 6.61 Å². The largest absolute Gasteiger partial charge is 0.480 e. The Balaban J connectivity index is 1.79. The van der Waals surface area contributed by atoms with Gasteiger partial charge in [-0.3, -0.25) is 0 Å². The Kier molecular flexibility index (Phi) is 5.41. The molecule has 0 bridgehead atoms. The lowest BCUT2D eigenvalue weighted by molar-refractivity contribution is -0.141. The van der Waals surface area contributed by atoms with Crippen LogP contribution in [0.25, 0.3) is 0 Å². The molecule has 21 heavy (non-hydrogen) atoms. The van der Waals surface area contributed by atoms with E-state index in [1.54, 1.807) is 7.05 Å². The van der Waals surface area contributed by atoms with Gasteiger partial charge in [0.1, 0.15) is 6.04 Å². The molecule has 0 aromatic carbocycles. The van der Waals surface area contributed by atoms with Crippen LogP contribution in [0, 0.1) is 5.92 Å². The second-order valence-electron chi connectivity index (χ2n) is 5.82. The first-order chi connectivity index (χ1) is 10.0. The molecule has 1 saturated heterocycles. The summed E-state index contributed by atoms with van der Waals surface area (Å²) in [5, 5.41) is 9.22. The van der Waals surface area contributed by atoms with Crippen molar-refractivity contribution < 1.29 is 24.2 Å². The first kappa shape index (κ1) is 16.0. The number of methoxy groups -OCH3 is 1. The molecule has 7 heteroatoms. The molecule has 0 radical (unpaired) electrons. The van der Waals surface area contributed by atoms with Crippen molar-refractivity contribution in [3.8, 4) is 0 Å². The monoisotopic (exact) mass is 300 g/mol. The van der Waals surface area contributed by atoms with Crippen LogP contribution in [0.15, 0.2) is 0 Å². The fraction of sp³-hybridized carbons (Fsp3) is 0.857. The van der Waals surface area contributed by atoms with Crippen molar-refractivity contribution >= 4 is 12.0 Å². The highest BCUT2D eigenvalue weighted by molar-refractivity contribution is 5.83. The van der Waals surface area contributed by atoms with E-state index in [9.17, 15) is 14.7 Å². The van der Waals surface area contributed by atoms with Crippen LogP contribution in [0.2, 0.25) is 0 Å². The van der Waals surface area contributed by atoms with E-state index in [-0.39, 0.29) is 12.1 Å². The number of amides is 2. The quantitative estimate of drug-likeness (QED) is 0.698. The lowest BCUT2D eigenvalue weighted by Gasteiger charge is -2.27. The van der Waals surface area contributed by atoms with Gasteiger partial charge in [0.25, 0.3) is 0 Å². The molecular weight excluding hydrogens is 276 g/mol. The number of carbonyl (C=O) groups excluding carboxylic acids is 1. The van der Waals surface area contributed by atoms with Gasteiger partial charge in [0.2, 0.25) is 0 Å². The van der Waals surface area contributed by atoms with Crippen LogP contribution in [0.4, 0.5) is 4.79 Å². The molecule has 0 spiro atoms. The van der Waals surface area contributed by atoms with Gasteiger partial charge in [-0.1, -0.05) is 0 Å². The second kappa shape index (κ2) is 7.09. The normalized spacial score (nSPS) is 25.1. The maximum absolute atomic E-state index is 12.3. The van der Waals surface area contributed by atoms with Gasteiger partial charge in [0, 0.05) is 40.3 Å². The standard InChI is InChI=1S/C14H24N2O5/c1-15(5-6-21-9-10-3-4-10)14(19)16-8-11(20-2)7-12(16)13(17)18/h10-12H,3-9H2,1-2H3,(H,17,18). The van der Waals surface area contributed by atoms with E-state index < -0.39 is 12.0 Å². The number of hydrogen-bond acceptors (Lipinski definition) is 4. The van der Waals surface area contributed by atoms with Gasteiger partial charge in [-0.05, 0) is 18.8 Å². The predicted octanol–water partition coefficient (Wildman–Crippen LogP) is 0.639. The van der Waals surface area contributed by atoms with Crippen LogP contribution >= 0.6 is 0 Å². The van der Waals surface area contributed by atoms with Crippen LogP contribution < -0.4 is 0 Å². The van der Waals surface area contributed by atoms with E-state index in [0.29, 0.717) is 32.0 Å². The number of urea groups is 1. The zero-order valence-electron chi connectivity index (χ0n) is 12.7. The summed E-state index contributed by atoms with van der Waals surface area (Å²) in [5.41, 5.74) is 0. The first-order valence-corrected chi connectivity index (χ1v) is 7.38.